The number of hydrogen-bond donors (Lipinski definition) is 1. The molecule has 1 aliphatic heterocycles. The molecule has 4 nitrogen and oxygen atoms in total. The van der Waals surface area contributed by atoms with E-state index < -0.39 is 24.1 Å². The molecule has 1 fully saturated rings. The van der Waals surface area contributed by atoms with Gasteiger partial charge >= 0.3 is 7.12 Å². The van der Waals surface area contributed by atoms with Crippen molar-refractivity contribution in [3.8, 4) is 5.75 Å². The van der Waals surface area contributed by atoms with Gasteiger partial charge in [0.2, 0.25) is 0 Å². The van der Waals surface area contributed by atoms with Crippen LogP contribution in [0.15, 0.2) is 12.1 Å². The van der Waals surface area contributed by atoms with Gasteiger partial charge < -0.3 is 19.8 Å². The Morgan fingerprint density at radius 2 is 1.68 bits per heavy atom. The van der Waals surface area contributed by atoms with Crippen molar-refractivity contribution in [1.82, 2.24) is 0 Å². The van der Waals surface area contributed by atoms with Crippen LogP contribution in [0.4, 0.5) is 10.1 Å². The van der Waals surface area contributed by atoms with Crippen molar-refractivity contribution in [1.29, 1.82) is 0 Å². The molecule has 6 heteroatoms. The van der Waals surface area contributed by atoms with E-state index in [1.54, 1.807) is 6.07 Å². The highest BCUT2D eigenvalue weighted by Crippen LogP contribution is 2.37. The molecule has 2 rings (SSSR count). The first kappa shape index (κ1) is 14.2. The van der Waals surface area contributed by atoms with E-state index in [2.05, 4.69) is 0 Å². The van der Waals surface area contributed by atoms with Gasteiger partial charge in [-0.3, -0.25) is 0 Å². The summed E-state index contributed by atoms with van der Waals surface area (Å²) in [6, 6.07) is 2.95. The van der Waals surface area contributed by atoms with Crippen molar-refractivity contribution in [3.05, 3.63) is 17.9 Å². The van der Waals surface area contributed by atoms with Crippen LogP contribution in [0.3, 0.4) is 0 Å². The molecule has 1 saturated heterocycles. The SMILES string of the molecule is COc1c(N)cc(B2OC(C)(C)C(C)(C)O2)cc1F. The third-order valence-electron chi connectivity index (χ3n) is 3.82. The highest BCUT2D eigenvalue weighted by Gasteiger charge is 2.51. The van der Waals surface area contributed by atoms with Gasteiger partial charge in [-0.05, 0) is 45.3 Å². The Kier molecular flexibility index (Phi) is 3.27. The predicted molar refractivity (Wildman–Crippen MR) is 73.1 cm³/mol. The standard InChI is InChI=1S/C13H19BFNO3/c1-12(2)13(3,4)19-14(18-12)8-6-9(15)11(17-5)10(16)7-8/h6-7H,16H2,1-5H3. The lowest BCUT2D eigenvalue weighted by Gasteiger charge is -2.32. The van der Waals surface area contributed by atoms with E-state index in [0.717, 1.165) is 0 Å². The molecule has 0 spiro atoms. The Bertz CT molecular complexity index is 466. The Morgan fingerprint density at radius 1 is 1.16 bits per heavy atom. The second-order valence-corrected chi connectivity index (χ2v) is 5.71. The first-order valence-corrected chi connectivity index (χ1v) is 6.16. The number of nitrogen functional groups attached to an aromatic ring is 1. The summed E-state index contributed by atoms with van der Waals surface area (Å²) < 4.78 is 30.4. The maximum absolute atomic E-state index is 13.8. The van der Waals surface area contributed by atoms with Crippen LogP contribution in [-0.4, -0.2) is 25.4 Å². The number of methoxy groups -OCH3 is 1. The zero-order chi connectivity index (χ0) is 14.4. The van der Waals surface area contributed by atoms with Crippen LogP contribution in [0.1, 0.15) is 27.7 Å². The van der Waals surface area contributed by atoms with Crippen LogP contribution in [0.25, 0.3) is 0 Å². The molecule has 1 aromatic carbocycles. The Labute approximate surface area is 113 Å². The zero-order valence-electron chi connectivity index (χ0n) is 11.9. The van der Waals surface area contributed by atoms with Crippen molar-refractivity contribution in [2.75, 3.05) is 12.8 Å². The first-order chi connectivity index (χ1) is 8.68. The van der Waals surface area contributed by atoms with Gasteiger partial charge in [-0.15, -0.1) is 0 Å². The fourth-order valence-electron chi connectivity index (χ4n) is 1.97. The lowest BCUT2D eigenvalue weighted by molar-refractivity contribution is 0.00578. The maximum atomic E-state index is 13.8. The van der Waals surface area contributed by atoms with Crippen molar-refractivity contribution < 1.29 is 18.4 Å². The third-order valence-corrected chi connectivity index (χ3v) is 3.82. The Morgan fingerprint density at radius 3 is 2.11 bits per heavy atom. The monoisotopic (exact) mass is 267 g/mol. The molecule has 0 bridgehead atoms. The molecule has 0 aromatic heterocycles. The van der Waals surface area contributed by atoms with E-state index >= 15 is 0 Å². The fourth-order valence-corrected chi connectivity index (χ4v) is 1.97. The topological polar surface area (TPSA) is 53.7 Å². The van der Waals surface area contributed by atoms with Crippen LogP contribution in [0, 0.1) is 5.82 Å². The first-order valence-electron chi connectivity index (χ1n) is 6.16. The minimum absolute atomic E-state index is 0.0419. The van der Waals surface area contributed by atoms with Crippen LogP contribution in [-0.2, 0) is 9.31 Å². The van der Waals surface area contributed by atoms with Gasteiger partial charge in [0.25, 0.3) is 0 Å². The summed E-state index contributed by atoms with van der Waals surface area (Å²) in [5.74, 6) is -0.479. The average Bonchev–Trinajstić information content (AvgIpc) is 2.47. The van der Waals surface area contributed by atoms with Gasteiger partial charge in [-0.2, -0.15) is 0 Å². The quantitative estimate of drug-likeness (QED) is 0.654. The molecular formula is C13H19BFNO3. The highest BCUT2D eigenvalue weighted by molar-refractivity contribution is 6.62. The summed E-state index contributed by atoms with van der Waals surface area (Å²) in [6.07, 6.45) is 0. The second-order valence-electron chi connectivity index (χ2n) is 5.71. The molecule has 1 heterocycles. The molecule has 19 heavy (non-hydrogen) atoms. The van der Waals surface area contributed by atoms with E-state index in [9.17, 15) is 4.39 Å². The van der Waals surface area contributed by atoms with E-state index in [1.165, 1.54) is 13.2 Å². The normalized spacial score (nSPS) is 20.6. The number of benzene rings is 1. The van der Waals surface area contributed by atoms with Gasteiger partial charge in [-0.25, -0.2) is 4.39 Å². The molecule has 0 atom stereocenters. The third kappa shape index (κ3) is 2.30. The highest BCUT2D eigenvalue weighted by atomic mass is 19.1. The van der Waals surface area contributed by atoms with Gasteiger partial charge in [0.15, 0.2) is 11.6 Å². The summed E-state index contributed by atoms with van der Waals surface area (Å²) >= 11 is 0. The summed E-state index contributed by atoms with van der Waals surface area (Å²) in [6.45, 7) is 7.76. The zero-order valence-corrected chi connectivity index (χ0v) is 11.9. The summed E-state index contributed by atoms with van der Waals surface area (Å²) in [5, 5.41) is 0. The molecule has 2 N–H and O–H groups in total. The second kappa shape index (κ2) is 4.39. The van der Waals surface area contributed by atoms with E-state index in [1.807, 2.05) is 27.7 Å². The molecule has 0 amide bonds. The molecule has 0 radical (unpaired) electrons. The van der Waals surface area contributed by atoms with Gasteiger partial charge in [0, 0.05) is 0 Å². The average molecular weight is 267 g/mol. The number of anilines is 1. The number of halogens is 1. The number of rotatable bonds is 2. The molecule has 1 aliphatic rings. The number of hydrogen-bond acceptors (Lipinski definition) is 4. The Balaban J connectivity index is 2.35. The minimum atomic E-state index is -0.632. The van der Waals surface area contributed by atoms with Crippen molar-refractivity contribution >= 4 is 18.3 Å². The lowest BCUT2D eigenvalue weighted by Crippen LogP contribution is -2.41. The van der Waals surface area contributed by atoms with Crippen molar-refractivity contribution in [2.45, 2.75) is 38.9 Å². The number of nitrogens with two attached hydrogens (primary N) is 1. The van der Waals surface area contributed by atoms with Gasteiger partial charge in [-0.1, -0.05) is 0 Å². The van der Waals surface area contributed by atoms with Crippen LogP contribution in [0.2, 0.25) is 0 Å². The van der Waals surface area contributed by atoms with Crippen molar-refractivity contribution in [3.63, 3.8) is 0 Å². The molecule has 0 unspecified atom stereocenters. The van der Waals surface area contributed by atoms with Crippen LogP contribution < -0.4 is 15.9 Å². The molecular weight excluding hydrogens is 248 g/mol. The number of ether oxygens (including phenoxy) is 1. The van der Waals surface area contributed by atoms with Crippen LogP contribution in [0.5, 0.6) is 5.75 Å². The smallest absolute Gasteiger partial charge is 0.492 e. The molecule has 0 aliphatic carbocycles. The molecule has 104 valence electrons. The predicted octanol–water partition coefficient (Wildman–Crippen LogP) is 1.72. The van der Waals surface area contributed by atoms with Gasteiger partial charge in [0.05, 0.1) is 24.0 Å². The minimum Gasteiger partial charge on any atom is -0.492 e. The fraction of sp³-hybridized carbons (Fsp3) is 0.538. The summed E-state index contributed by atoms with van der Waals surface area (Å²) in [4.78, 5) is 0. The van der Waals surface area contributed by atoms with E-state index in [-0.39, 0.29) is 11.4 Å². The van der Waals surface area contributed by atoms with E-state index in [4.69, 9.17) is 19.8 Å². The van der Waals surface area contributed by atoms with E-state index in [0.29, 0.717) is 5.46 Å². The Hall–Kier alpha value is -1.27. The summed E-state index contributed by atoms with van der Waals surface area (Å²) in [7, 11) is 0.746. The maximum Gasteiger partial charge on any atom is 0.495 e. The van der Waals surface area contributed by atoms with Crippen LogP contribution >= 0.6 is 0 Å². The molecule has 0 saturated carbocycles. The summed E-state index contributed by atoms with van der Waals surface area (Å²) in [5.41, 5.74) is 5.60. The van der Waals surface area contributed by atoms with Crippen molar-refractivity contribution in [2.24, 2.45) is 0 Å². The van der Waals surface area contributed by atoms with Gasteiger partial charge in [0.1, 0.15) is 0 Å². The molecule has 1 aromatic rings. The lowest BCUT2D eigenvalue weighted by atomic mass is 9.79. The largest absolute Gasteiger partial charge is 0.495 e.